The van der Waals surface area contributed by atoms with E-state index < -0.39 is 16.1 Å². The number of rotatable bonds is 5. The van der Waals surface area contributed by atoms with Crippen molar-refractivity contribution in [2.75, 3.05) is 7.11 Å². The van der Waals surface area contributed by atoms with Crippen LogP contribution in [-0.4, -0.2) is 31.9 Å². The normalized spacial score (nSPS) is 21.9. The van der Waals surface area contributed by atoms with E-state index in [9.17, 15) is 8.42 Å². The predicted molar refractivity (Wildman–Crippen MR) is 103 cm³/mol. The molecule has 1 heterocycles. The Morgan fingerprint density at radius 2 is 1.81 bits per heavy atom. The molecule has 1 aliphatic heterocycles. The summed E-state index contributed by atoms with van der Waals surface area (Å²) in [6.45, 7) is 5.48. The van der Waals surface area contributed by atoms with Gasteiger partial charge in [0.05, 0.1) is 18.0 Å². The van der Waals surface area contributed by atoms with E-state index >= 15 is 0 Å². The summed E-state index contributed by atoms with van der Waals surface area (Å²) < 4.78 is 33.5. The van der Waals surface area contributed by atoms with Gasteiger partial charge in [0.2, 0.25) is 10.0 Å². The van der Waals surface area contributed by atoms with Crippen LogP contribution in [0.25, 0.3) is 0 Å². The van der Waals surface area contributed by atoms with Gasteiger partial charge in [0.15, 0.2) is 0 Å². The Bertz CT molecular complexity index is 975. The summed E-state index contributed by atoms with van der Waals surface area (Å²) in [5, 5.41) is 0. The molecule has 5 heteroatoms. The van der Waals surface area contributed by atoms with Crippen LogP contribution in [0, 0.1) is 33.1 Å². The average molecular weight is 369 g/mol. The van der Waals surface area contributed by atoms with Gasteiger partial charge in [-0.05, 0) is 55.5 Å². The van der Waals surface area contributed by atoms with Crippen molar-refractivity contribution in [3.8, 4) is 18.1 Å². The molecule has 0 spiro atoms. The first-order valence-corrected chi connectivity index (χ1v) is 9.95. The highest BCUT2D eigenvalue weighted by Gasteiger charge is 2.55. The monoisotopic (exact) mass is 369 g/mol. The van der Waals surface area contributed by atoms with Crippen LogP contribution in [0.2, 0.25) is 0 Å². The number of hydrogen-bond acceptors (Lipinski definition) is 3. The van der Waals surface area contributed by atoms with E-state index in [1.165, 1.54) is 4.31 Å². The van der Waals surface area contributed by atoms with Gasteiger partial charge in [-0.1, -0.05) is 36.3 Å². The molecule has 0 aliphatic carbocycles. The van der Waals surface area contributed by atoms with Crippen LogP contribution < -0.4 is 4.74 Å². The molecule has 26 heavy (non-hydrogen) atoms. The third-order valence-corrected chi connectivity index (χ3v) is 7.27. The molecule has 0 amide bonds. The van der Waals surface area contributed by atoms with Gasteiger partial charge in [-0.2, -0.15) is 4.31 Å². The number of terminal acetylenes is 1. The number of methoxy groups -OCH3 is 1. The molecule has 1 aliphatic rings. The van der Waals surface area contributed by atoms with E-state index in [2.05, 4.69) is 5.92 Å². The van der Waals surface area contributed by atoms with Crippen molar-refractivity contribution in [3.63, 3.8) is 0 Å². The fraction of sp³-hybridized carbons (Fsp3) is 0.333. The van der Waals surface area contributed by atoms with Gasteiger partial charge in [-0.15, -0.1) is 6.42 Å². The Labute approximate surface area is 155 Å². The molecule has 1 fully saturated rings. The zero-order valence-corrected chi connectivity index (χ0v) is 16.3. The van der Waals surface area contributed by atoms with Crippen molar-refractivity contribution >= 4 is 10.0 Å². The summed E-state index contributed by atoms with van der Waals surface area (Å²) in [6.07, 6.45) is 6.23. The Morgan fingerprint density at radius 1 is 1.15 bits per heavy atom. The third-order valence-electron chi connectivity index (χ3n) is 5.07. The topological polar surface area (TPSA) is 46.4 Å². The minimum Gasteiger partial charge on any atom is -0.496 e. The standard InChI is InChI=1S/C21H23NO3S/c1-6-18-19(13-17-10-8-7-9-11-17)22(18)26(23,24)21-14(2)12-20(25-5)15(3)16(21)4/h1,7-12,18-19H,13H2,2-5H3/t18-,19-,22?/m1/s1. The highest BCUT2D eigenvalue weighted by molar-refractivity contribution is 7.89. The van der Waals surface area contributed by atoms with Crippen LogP contribution in [0.15, 0.2) is 41.3 Å². The van der Waals surface area contributed by atoms with Crippen LogP contribution in [-0.2, 0) is 16.4 Å². The molecule has 136 valence electrons. The lowest BCUT2D eigenvalue weighted by Crippen LogP contribution is -2.19. The third kappa shape index (κ3) is 3.00. The van der Waals surface area contributed by atoms with Gasteiger partial charge in [0.1, 0.15) is 11.8 Å². The van der Waals surface area contributed by atoms with Crippen molar-refractivity contribution in [2.45, 2.75) is 44.2 Å². The highest BCUT2D eigenvalue weighted by atomic mass is 32.2. The van der Waals surface area contributed by atoms with Crippen LogP contribution >= 0.6 is 0 Å². The van der Waals surface area contributed by atoms with E-state index in [1.807, 2.05) is 44.2 Å². The predicted octanol–water partition coefficient (Wildman–Crippen LogP) is 3.24. The molecule has 2 aromatic carbocycles. The Morgan fingerprint density at radius 3 is 2.38 bits per heavy atom. The Hall–Kier alpha value is -2.29. The lowest BCUT2D eigenvalue weighted by atomic mass is 10.1. The first-order valence-electron chi connectivity index (χ1n) is 8.51. The lowest BCUT2D eigenvalue weighted by Gasteiger charge is -2.17. The summed E-state index contributed by atoms with van der Waals surface area (Å²) >= 11 is 0. The van der Waals surface area contributed by atoms with Crippen molar-refractivity contribution in [1.82, 2.24) is 4.31 Å². The average Bonchev–Trinajstić information content (AvgIpc) is 3.32. The van der Waals surface area contributed by atoms with Crippen LogP contribution in [0.4, 0.5) is 0 Å². The molecule has 0 bridgehead atoms. The summed E-state index contributed by atoms with van der Waals surface area (Å²) in [5.41, 5.74) is 3.29. The molecular formula is C21H23NO3S. The fourth-order valence-corrected chi connectivity index (χ4v) is 5.77. The van der Waals surface area contributed by atoms with Crippen molar-refractivity contribution in [1.29, 1.82) is 0 Å². The molecule has 0 radical (unpaired) electrons. The van der Waals surface area contributed by atoms with E-state index in [1.54, 1.807) is 20.1 Å². The molecule has 3 rings (SSSR count). The summed E-state index contributed by atoms with van der Waals surface area (Å²) in [6, 6.07) is 11.0. The van der Waals surface area contributed by atoms with E-state index in [-0.39, 0.29) is 6.04 Å². The van der Waals surface area contributed by atoms with Crippen LogP contribution in [0.3, 0.4) is 0 Å². The van der Waals surface area contributed by atoms with Gasteiger partial charge >= 0.3 is 0 Å². The zero-order chi connectivity index (χ0) is 19.1. The molecule has 0 N–H and O–H groups in total. The number of hydrogen-bond donors (Lipinski definition) is 0. The first-order chi connectivity index (χ1) is 12.3. The second-order valence-electron chi connectivity index (χ2n) is 6.68. The first kappa shape index (κ1) is 18.5. The Balaban J connectivity index is 1.99. The van der Waals surface area contributed by atoms with Crippen molar-refractivity contribution < 1.29 is 13.2 Å². The Kier molecular flexibility index (Phi) is 4.83. The number of benzene rings is 2. The SMILES string of the molecule is C#C[C@@H]1[C@@H](Cc2ccccc2)N1S(=O)(=O)c1c(C)cc(OC)c(C)c1C. The minimum absolute atomic E-state index is 0.200. The van der Waals surface area contributed by atoms with Gasteiger partial charge in [-0.3, -0.25) is 0 Å². The molecule has 4 nitrogen and oxygen atoms in total. The largest absolute Gasteiger partial charge is 0.496 e. The summed E-state index contributed by atoms with van der Waals surface area (Å²) in [4.78, 5) is 0.339. The maximum Gasteiger partial charge on any atom is 0.245 e. The second-order valence-corrected chi connectivity index (χ2v) is 8.46. The van der Waals surface area contributed by atoms with Gasteiger partial charge < -0.3 is 4.74 Å². The number of sulfonamides is 1. The molecule has 0 saturated carbocycles. The summed E-state index contributed by atoms with van der Waals surface area (Å²) in [5.74, 6) is 3.33. The molecular weight excluding hydrogens is 346 g/mol. The van der Waals surface area contributed by atoms with Crippen LogP contribution in [0.5, 0.6) is 5.75 Å². The second kappa shape index (κ2) is 6.79. The maximum atomic E-state index is 13.3. The molecule has 2 aromatic rings. The van der Waals surface area contributed by atoms with E-state index in [0.29, 0.717) is 28.2 Å². The van der Waals surface area contributed by atoms with E-state index in [0.717, 1.165) is 11.1 Å². The quantitative estimate of drug-likeness (QED) is 0.600. The fourth-order valence-electron chi connectivity index (χ4n) is 3.56. The van der Waals surface area contributed by atoms with Gasteiger partial charge in [0.25, 0.3) is 0 Å². The molecule has 1 saturated heterocycles. The number of ether oxygens (including phenoxy) is 1. The lowest BCUT2D eigenvalue weighted by molar-refractivity contribution is 0.410. The number of nitrogens with zero attached hydrogens (tertiary/aromatic N) is 1. The van der Waals surface area contributed by atoms with Crippen molar-refractivity contribution in [3.05, 3.63) is 58.7 Å². The molecule has 1 unspecified atom stereocenters. The molecule has 0 aromatic heterocycles. The van der Waals surface area contributed by atoms with Gasteiger partial charge in [-0.25, -0.2) is 8.42 Å². The van der Waals surface area contributed by atoms with Gasteiger partial charge in [0, 0.05) is 0 Å². The summed E-state index contributed by atoms with van der Waals surface area (Å²) in [7, 11) is -2.08. The smallest absolute Gasteiger partial charge is 0.245 e. The maximum absolute atomic E-state index is 13.3. The van der Waals surface area contributed by atoms with Crippen LogP contribution in [0.1, 0.15) is 22.3 Å². The van der Waals surface area contributed by atoms with Crippen molar-refractivity contribution in [2.24, 2.45) is 0 Å². The molecule has 3 atom stereocenters. The zero-order valence-electron chi connectivity index (χ0n) is 15.5. The minimum atomic E-state index is -3.67. The number of aryl methyl sites for hydroxylation is 1. The highest BCUT2D eigenvalue weighted by Crippen LogP contribution is 2.41. The van der Waals surface area contributed by atoms with E-state index in [4.69, 9.17) is 11.2 Å².